The molecule has 0 aromatic heterocycles. The van der Waals surface area contributed by atoms with E-state index >= 15 is 0 Å². The average molecular weight is 750 g/mol. The molecule has 0 heterocycles. The highest BCUT2D eigenvalue weighted by atomic mass is 19.4. The second kappa shape index (κ2) is 14.1. The number of benzene rings is 2. The molecule has 0 amide bonds. The first-order valence-corrected chi connectivity index (χ1v) is 12.1. The van der Waals surface area contributed by atoms with Crippen LogP contribution in [0.3, 0.4) is 0 Å². The van der Waals surface area contributed by atoms with Crippen LogP contribution in [0.1, 0.15) is 15.9 Å². The maximum atomic E-state index is 14.6. The van der Waals surface area contributed by atoms with E-state index in [0.29, 0.717) is 0 Å². The number of hydrogen-bond acceptors (Lipinski definition) is 7. The maximum Gasteiger partial charge on any atom is 0.471 e. The summed E-state index contributed by atoms with van der Waals surface area (Å²) in [6.45, 7) is -5.30. The third-order valence-corrected chi connectivity index (χ3v) is 5.49. The minimum Gasteiger partial charge on any atom is -0.392 e. The lowest BCUT2D eigenvalue weighted by atomic mass is 9.86. The number of Topliss-reactive ketones (excluding diaryl/α,β-unsaturated/α-hetero) is 1. The zero-order valence-corrected chi connectivity index (χ0v) is 23.0. The highest BCUT2D eigenvalue weighted by molar-refractivity contribution is 6.03. The van der Waals surface area contributed by atoms with Gasteiger partial charge in [-0.15, -0.1) is 0 Å². The Labute approximate surface area is 260 Å². The summed E-state index contributed by atoms with van der Waals surface area (Å²) in [5.74, 6) is -17.2. The van der Waals surface area contributed by atoms with Crippen LogP contribution in [0, 0.1) is 0 Å². The smallest absolute Gasteiger partial charge is 0.392 e. The van der Waals surface area contributed by atoms with Crippen LogP contribution < -0.4 is 0 Å². The highest BCUT2D eigenvalue weighted by Gasteiger charge is 2.82. The zero-order valence-electron chi connectivity index (χ0n) is 23.0. The molecule has 0 saturated carbocycles. The largest absolute Gasteiger partial charge is 0.471 e. The summed E-state index contributed by atoms with van der Waals surface area (Å²) in [5.41, 5.74) is -4.05. The molecule has 2 aromatic rings. The van der Waals surface area contributed by atoms with Gasteiger partial charge in [-0.1, -0.05) is 60.7 Å². The standard InChI is InChI=1S/C25H15F17O7/c26-11-19(28,29)48-24(39,40)25(41,42)49-21(33,22(34,35)36)23(37,38)46-17(15(27)20(30,31)32)47-45-12-18(44,14-9-5-2-6-10-14)16(43)13-7-3-1-4-8-13/h1-10,44H,11-12H2/b17-15+. The van der Waals surface area contributed by atoms with Gasteiger partial charge in [0.15, 0.2) is 12.3 Å². The Hall–Kier alpha value is -3.90. The fraction of sp³-hybridized carbons (Fsp3) is 0.400. The molecule has 0 bridgehead atoms. The van der Waals surface area contributed by atoms with Crippen molar-refractivity contribution >= 4 is 5.78 Å². The Bertz CT molecular complexity index is 1450. The summed E-state index contributed by atoms with van der Waals surface area (Å²) in [6.07, 6.45) is -43.0. The molecule has 0 saturated heterocycles. The van der Waals surface area contributed by atoms with Crippen LogP contribution in [0.15, 0.2) is 72.4 Å². The van der Waals surface area contributed by atoms with Crippen molar-refractivity contribution in [2.45, 2.75) is 48.2 Å². The number of halogens is 17. The molecule has 0 aliphatic rings. The summed E-state index contributed by atoms with van der Waals surface area (Å²) in [6, 6.07) is 11.3. The van der Waals surface area contributed by atoms with Gasteiger partial charge in [-0.2, -0.15) is 75.1 Å². The van der Waals surface area contributed by atoms with Gasteiger partial charge < -0.3 is 9.84 Å². The van der Waals surface area contributed by atoms with Crippen LogP contribution in [0.4, 0.5) is 74.6 Å². The van der Waals surface area contributed by atoms with Gasteiger partial charge in [0.05, 0.1) is 0 Å². The number of aliphatic hydroxyl groups is 1. The van der Waals surface area contributed by atoms with Gasteiger partial charge in [-0.25, -0.2) is 9.13 Å². The van der Waals surface area contributed by atoms with Crippen molar-refractivity contribution in [1.82, 2.24) is 0 Å². The number of alkyl halides is 16. The molecule has 276 valence electrons. The van der Waals surface area contributed by atoms with Crippen molar-refractivity contribution in [2.75, 3.05) is 13.3 Å². The number of ketones is 1. The minimum atomic E-state index is -7.85. The molecule has 0 radical (unpaired) electrons. The molecule has 2 aromatic carbocycles. The average Bonchev–Trinajstić information content (AvgIpc) is 2.98. The van der Waals surface area contributed by atoms with Crippen molar-refractivity contribution in [3.63, 3.8) is 0 Å². The number of hydrogen-bond donors (Lipinski definition) is 1. The fourth-order valence-electron chi connectivity index (χ4n) is 3.18. The second-order valence-corrected chi connectivity index (χ2v) is 9.09. The zero-order chi connectivity index (χ0) is 37.9. The van der Waals surface area contributed by atoms with Crippen LogP contribution in [0.2, 0.25) is 0 Å². The molecular weight excluding hydrogens is 735 g/mol. The predicted molar refractivity (Wildman–Crippen MR) is 121 cm³/mol. The highest BCUT2D eigenvalue weighted by Crippen LogP contribution is 2.53. The number of rotatable bonds is 16. The lowest BCUT2D eigenvalue weighted by Crippen LogP contribution is -2.64. The molecular formula is C25H15F17O7. The molecule has 0 aliphatic carbocycles. The van der Waals surface area contributed by atoms with Gasteiger partial charge in [0.2, 0.25) is 5.78 Å². The summed E-state index contributed by atoms with van der Waals surface area (Å²) in [5, 5.41) is 11.0. The molecule has 0 fully saturated rings. The van der Waals surface area contributed by atoms with Crippen molar-refractivity contribution in [2.24, 2.45) is 0 Å². The third-order valence-electron chi connectivity index (χ3n) is 5.49. The van der Waals surface area contributed by atoms with E-state index in [1.54, 1.807) is 4.74 Å². The normalized spacial score (nSPS) is 16.7. The van der Waals surface area contributed by atoms with Crippen LogP contribution in [0.5, 0.6) is 0 Å². The quantitative estimate of drug-likeness (QED) is 0.0612. The molecule has 2 unspecified atom stereocenters. The molecule has 0 spiro atoms. The van der Waals surface area contributed by atoms with Crippen molar-refractivity contribution in [3.05, 3.63) is 83.6 Å². The molecule has 2 atom stereocenters. The Morgan fingerprint density at radius 3 is 1.59 bits per heavy atom. The summed E-state index contributed by atoms with van der Waals surface area (Å²) >= 11 is 0. The lowest BCUT2D eigenvalue weighted by Gasteiger charge is -2.37. The summed E-state index contributed by atoms with van der Waals surface area (Å²) < 4.78 is 235. The summed E-state index contributed by atoms with van der Waals surface area (Å²) in [4.78, 5) is 20.4. The van der Waals surface area contributed by atoms with Crippen molar-refractivity contribution in [1.29, 1.82) is 0 Å². The Kier molecular flexibility index (Phi) is 11.9. The molecule has 49 heavy (non-hydrogen) atoms. The van der Waals surface area contributed by atoms with Crippen molar-refractivity contribution < 1.29 is 109 Å². The topological polar surface area (TPSA) is 83.5 Å². The van der Waals surface area contributed by atoms with Crippen LogP contribution in [-0.2, 0) is 29.6 Å². The SMILES string of the molecule is O=C(c1ccccc1)C(O)(COO/C(OC(F)(F)C(F)(OC(F)(F)C(F)(F)OC(F)(F)CF)C(F)(F)F)=C(/F)C(F)(F)F)c1ccccc1. The molecule has 7 nitrogen and oxygen atoms in total. The third kappa shape index (κ3) is 9.21. The Morgan fingerprint density at radius 2 is 1.14 bits per heavy atom. The minimum absolute atomic E-state index is 0.395. The van der Waals surface area contributed by atoms with Gasteiger partial charge in [0, 0.05) is 5.56 Å². The van der Waals surface area contributed by atoms with Crippen molar-refractivity contribution in [3.8, 4) is 0 Å². The number of carbonyl (C=O) groups excluding carboxylic acids is 1. The van der Waals surface area contributed by atoms with Crippen LogP contribution in [-0.4, -0.2) is 66.8 Å². The number of carbonyl (C=O) groups is 1. The fourth-order valence-corrected chi connectivity index (χ4v) is 3.18. The number of ether oxygens (including phenoxy) is 3. The van der Waals surface area contributed by atoms with Crippen LogP contribution >= 0.6 is 0 Å². The first-order valence-electron chi connectivity index (χ1n) is 12.1. The van der Waals surface area contributed by atoms with Gasteiger partial charge in [0.1, 0.15) is 6.61 Å². The van der Waals surface area contributed by atoms with E-state index in [-0.39, 0.29) is 0 Å². The van der Waals surface area contributed by atoms with Gasteiger partial charge >= 0.3 is 48.6 Å². The Balaban J connectivity index is 2.54. The van der Waals surface area contributed by atoms with Gasteiger partial charge in [0.25, 0.3) is 5.83 Å². The van der Waals surface area contributed by atoms with Gasteiger partial charge in [-0.05, 0) is 5.56 Å². The first kappa shape index (κ1) is 41.3. The van der Waals surface area contributed by atoms with E-state index in [4.69, 9.17) is 0 Å². The molecule has 24 heteroatoms. The second-order valence-electron chi connectivity index (χ2n) is 9.09. The molecule has 0 aliphatic heterocycles. The number of allylic oxidation sites excluding steroid dienone is 1. The predicted octanol–water partition coefficient (Wildman–Crippen LogP) is 8.02. The maximum absolute atomic E-state index is 14.6. The van der Waals surface area contributed by atoms with E-state index in [0.717, 1.165) is 36.4 Å². The van der Waals surface area contributed by atoms with Gasteiger partial charge in [-0.3, -0.25) is 14.4 Å². The monoisotopic (exact) mass is 750 g/mol. The summed E-state index contributed by atoms with van der Waals surface area (Å²) in [7, 11) is 0. The van der Waals surface area contributed by atoms with E-state index in [9.17, 15) is 84.5 Å². The van der Waals surface area contributed by atoms with E-state index in [1.165, 1.54) is 24.3 Å². The van der Waals surface area contributed by atoms with Crippen LogP contribution in [0.25, 0.3) is 0 Å². The Morgan fingerprint density at radius 1 is 0.673 bits per heavy atom. The lowest BCUT2D eigenvalue weighted by molar-refractivity contribution is -0.553. The van der Waals surface area contributed by atoms with E-state index in [2.05, 4.69) is 14.5 Å². The molecule has 1 N–H and O–H groups in total. The molecule has 2 rings (SSSR count). The van der Waals surface area contributed by atoms with E-state index < -0.39 is 90.2 Å². The first-order chi connectivity index (χ1) is 22.1. The van der Waals surface area contributed by atoms with E-state index in [1.807, 2.05) is 4.74 Å².